The van der Waals surface area contributed by atoms with E-state index in [9.17, 15) is 49.5 Å². The third-order valence-corrected chi connectivity index (χ3v) is 16.2. The third-order valence-electron chi connectivity index (χ3n) is 16.2. The van der Waals surface area contributed by atoms with Crippen molar-refractivity contribution in [3.63, 3.8) is 0 Å². The number of carbonyl (C=O) groups excluding carboxylic acids is 3. The zero-order chi connectivity index (χ0) is 60.6. The van der Waals surface area contributed by atoms with E-state index in [-0.39, 0.29) is 65.0 Å². The zero-order valence-corrected chi connectivity index (χ0v) is 49.4. The molecule has 80 heavy (non-hydrogen) atoms. The van der Waals surface area contributed by atoms with Gasteiger partial charge >= 0.3 is 35.3 Å². The molecule has 6 unspecified atom stereocenters. The highest BCUT2D eigenvalue weighted by molar-refractivity contribution is 5.67. The quantitative estimate of drug-likeness (QED) is 0.0434. The normalized spacial score (nSPS) is 26.0. The van der Waals surface area contributed by atoms with Crippen LogP contribution in [0, 0.1) is 32.5 Å². The molecule has 6 atom stereocenters. The Bertz CT molecular complexity index is 2320. The fourth-order valence-corrected chi connectivity index (χ4v) is 13.7. The van der Waals surface area contributed by atoms with Gasteiger partial charge in [-0.15, -0.1) is 0 Å². The lowest BCUT2D eigenvalue weighted by Crippen LogP contribution is -2.61. The fraction of sp³-hybridized carbons (Fsp3) is 0.893. The lowest BCUT2D eigenvalue weighted by molar-refractivity contribution is -0.118. The van der Waals surface area contributed by atoms with Crippen LogP contribution in [-0.2, 0) is 18.9 Å². The Morgan fingerprint density at radius 3 is 1.02 bits per heavy atom. The highest BCUT2D eigenvalue weighted by Crippen LogP contribution is 2.53. The summed E-state index contributed by atoms with van der Waals surface area (Å²) in [5.41, 5.74) is -6.45. The minimum absolute atomic E-state index is 0.0294. The molecular weight excluding hydrogens is 1070 g/mol. The van der Waals surface area contributed by atoms with Crippen LogP contribution in [0.4, 0.5) is 49.5 Å². The molecule has 1 aromatic heterocycles. The van der Waals surface area contributed by atoms with Gasteiger partial charge in [0, 0.05) is 70.0 Å². The second-order valence-electron chi connectivity index (χ2n) is 27.0. The standard InChI is InChI=1S/C56H92F8N6O10/c1-13-53(57,58)33-55(61,62)18-16-20-78-41(71)65-35-50(10)27-38(24-47(4,5)30-50)68-44(74)69(46(76)70(45(68)75)40-26-49(8,9)32-52(12,29-40)37-67-43(73)80-23-22-77-15-3)39-25-48(6,7)31-51(11,28-39)36-66-42(72)79-21-17-19-56(63,64)34-54(59,60)14-2/h38-40H,13-37H2,1-12H3,(H,65,71)(H,66,72)(H,67,73). The summed E-state index contributed by atoms with van der Waals surface area (Å²) < 4.78 is 137. The molecule has 0 saturated heterocycles. The largest absolute Gasteiger partial charge is 0.450 e. The number of amides is 3. The van der Waals surface area contributed by atoms with Gasteiger partial charge in [-0.2, -0.15) is 0 Å². The molecule has 3 aliphatic rings. The Hall–Kier alpha value is -4.38. The minimum atomic E-state index is -3.67. The predicted octanol–water partition coefficient (Wildman–Crippen LogP) is 12.4. The van der Waals surface area contributed by atoms with Gasteiger partial charge in [0.25, 0.3) is 23.7 Å². The van der Waals surface area contributed by atoms with E-state index in [0.717, 1.165) is 23.0 Å². The van der Waals surface area contributed by atoms with Crippen LogP contribution in [0.3, 0.4) is 0 Å². The van der Waals surface area contributed by atoms with E-state index in [4.69, 9.17) is 18.9 Å². The van der Waals surface area contributed by atoms with E-state index in [2.05, 4.69) is 16.0 Å². The molecule has 3 amide bonds. The van der Waals surface area contributed by atoms with Crippen LogP contribution in [0.15, 0.2) is 14.4 Å². The summed E-state index contributed by atoms with van der Waals surface area (Å²) in [4.78, 5) is 85.3. The van der Waals surface area contributed by atoms with Gasteiger partial charge in [0.05, 0.1) is 32.7 Å². The van der Waals surface area contributed by atoms with Gasteiger partial charge in [-0.1, -0.05) is 76.2 Å². The van der Waals surface area contributed by atoms with Gasteiger partial charge in [0.1, 0.15) is 6.61 Å². The van der Waals surface area contributed by atoms with Crippen molar-refractivity contribution in [3.05, 3.63) is 31.5 Å². The lowest BCUT2D eigenvalue weighted by Gasteiger charge is -2.49. The molecule has 0 bridgehead atoms. The van der Waals surface area contributed by atoms with Crippen LogP contribution >= 0.6 is 0 Å². The Morgan fingerprint density at radius 2 is 0.750 bits per heavy atom. The topological polar surface area (TPSA) is 190 Å². The van der Waals surface area contributed by atoms with Crippen LogP contribution < -0.4 is 33.0 Å². The van der Waals surface area contributed by atoms with Gasteiger partial charge in [-0.25, -0.2) is 77.6 Å². The predicted molar refractivity (Wildman–Crippen MR) is 286 cm³/mol. The highest BCUT2D eigenvalue weighted by Gasteiger charge is 2.49. The van der Waals surface area contributed by atoms with Gasteiger partial charge in [-0.3, -0.25) is 0 Å². The van der Waals surface area contributed by atoms with Gasteiger partial charge in [0.2, 0.25) is 0 Å². The number of hydrogen-bond donors (Lipinski definition) is 3. The fourth-order valence-electron chi connectivity index (χ4n) is 13.7. The second-order valence-corrected chi connectivity index (χ2v) is 27.0. The van der Waals surface area contributed by atoms with Crippen molar-refractivity contribution in [3.8, 4) is 0 Å². The molecule has 3 aliphatic carbocycles. The number of rotatable bonds is 27. The number of aromatic nitrogens is 3. The Kier molecular flexibility index (Phi) is 22.5. The summed E-state index contributed by atoms with van der Waals surface area (Å²) in [6.07, 6.45) is -6.72. The van der Waals surface area contributed by atoms with E-state index >= 15 is 14.4 Å². The number of halogens is 8. The first kappa shape index (κ1) is 68.1. The molecule has 0 spiro atoms. The number of ether oxygens (including phenoxy) is 4. The summed E-state index contributed by atoms with van der Waals surface area (Å²) >= 11 is 0. The van der Waals surface area contributed by atoms with Crippen molar-refractivity contribution in [1.29, 1.82) is 0 Å². The van der Waals surface area contributed by atoms with Crippen molar-refractivity contribution >= 4 is 18.3 Å². The molecule has 3 fully saturated rings. The summed E-state index contributed by atoms with van der Waals surface area (Å²) in [7, 11) is 0. The zero-order valence-electron chi connectivity index (χ0n) is 49.4. The highest BCUT2D eigenvalue weighted by atomic mass is 19.3. The molecule has 0 radical (unpaired) electrons. The van der Waals surface area contributed by atoms with Gasteiger partial charge in [-0.05, 0) is 110 Å². The molecule has 3 saturated carbocycles. The van der Waals surface area contributed by atoms with Crippen molar-refractivity contribution in [1.82, 2.24) is 29.7 Å². The summed E-state index contributed by atoms with van der Waals surface area (Å²) in [5, 5.41) is 8.25. The van der Waals surface area contributed by atoms with Crippen molar-refractivity contribution in [2.24, 2.45) is 32.5 Å². The van der Waals surface area contributed by atoms with Crippen LogP contribution in [0.5, 0.6) is 0 Å². The Morgan fingerprint density at radius 1 is 0.463 bits per heavy atom. The first-order valence-electron chi connectivity index (χ1n) is 28.4. The monoisotopic (exact) mass is 1160 g/mol. The maximum absolute atomic E-state index is 15.5. The van der Waals surface area contributed by atoms with Crippen molar-refractivity contribution in [2.45, 2.75) is 234 Å². The molecule has 3 N–H and O–H groups in total. The van der Waals surface area contributed by atoms with Crippen LogP contribution in [0.1, 0.15) is 210 Å². The first-order valence-corrected chi connectivity index (χ1v) is 28.4. The molecular formula is C56H92F8N6O10. The number of alkyl halides is 8. The maximum Gasteiger partial charge on any atom is 0.407 e. The van der Waals surface area contributed by atoms with E-state index in [0.29, 0.717) is 45.1 Å². The average Bonchev–Trinajstić information content (AvgIpc) is 3.29. The van der Waals surface area contributed by atoms with Crippen molar-refractivity contribution in [2.75, 3.05) is 52.7 Å². The van der Waals surface area contributed by atoms with Crippen LogP contribution in [0.25, 0.3) is 0 Å². The summed E-state index contributed by atoms with van der Waals surface area (Å²) in [5.74, 6) is -14.4. The van der Waals surface area contributed by atoms with Crippen LogP contribution in [0.2, 0.25) is 0 Å². The summed E-state index contributed by atoms with van der Waals surface area (Å²) in [6.45, 7) is 21.4. The lowest BCUT2D eigenvalue weighted by atomic mass is 9.62. The van der Waals surface area contributed by atoms with E-state index in [1.54, 1.807) is 0 Å². The third kappa shape index (κ3) is 20.5. The molecule has 1 heterocycles. The second kappa shape index (κ2) is 26.5. The number of nitrogens with one attached hydrogen (secondary N) is 3. The number of nitrogens with zero attached hydrogens (tertiary/aromatic N) is 3. The molecule has 24 heteroatoms. The van der Waals surface area contributed by atoms with Gasteiger partial charge in [0.15, 0.2) is 0 Å². The smallest absolute Gasteiger partial charge is 0.407 e. The van der Waals surface area contributed by atoms with Gasteiger partial charge < -0.3 is 34.9 Å². The number of alkyl carbamates (subject to hydrolysis) is 3. The van der Waals surface area contributed by atoms with Crippen molar-refractivity contribution < 1.29 is 68.5 Å². The van der Waals surface area contributed by atoms with Crippen LogP contribution in [-0.4, -0.2) is 108 Å². The maximum atomic E-state index is 15.5. The van der Waals surface area contributed by atoms with E-state index in [1.807, 2.05) is 69.2 Å². The number of hydrogen-bond acceptors (Lipinski definition) is 10. The SMILES string of the molecule is CCOCCOC(=O)NCC1(C)CC(n2c(=O)n(C3CC(C)(C)CC(C)(CNC(=O)OCCCC(F)(F)CC(F)(F)CC)C3)c(=O)n(C3CC(C)(C)CC(C)(CNC(=O)OCCCC(F)(F)CC(F)(F)CC)C3)c2=O)CC(C)(C)C1. The molecule has 0 aromatic carbocycles. The van der Waals surface area contributed by atoms with E-state index < -0.39 is 161 Å². The molecule has 4 rings (SSSR count). The molecule has 1 aromatic rings. The minimum Gasteiger partial charge on any atom is -0.450 e. The molecule has 0 aliphatic heterocycles. The average molecular weight is 1160 g/mol. The molecule has 16 nitrogen and oxygen atoms in total. The summed E-state index contributed by atoms with van der Waals surface area (Å²) in [6, 6.07) is -2.44. The number of carbonyl (C=O) groups is 3. The Balaban J connectivity index is 1.70. The first-order chi connectivity index (χ1) is 36.6. The molecule has 462 valence electrons. The Labute approximate surface area is 465 Å². The van der Waals surface area contributed by atoms with E-state index in [1.165, 1.54) is 4.57 Å².